The van der Waals surface area contributed by atoms with Crippen LogP contribution in [0.3, 0.4) is 0 Å². The number of benzene rings is 1. The molecule has 1 N–H and O–H groups in total. The van der Waals surface area contributed by atoms with Crippen LogP contribution in [0.25, 0.3) is 0 Å². The first-order chi connectivity index (χ1) is 15.8. The van der Waals surface area contributed by atoms with Gasteiger partial charge in [-0.25, -0.2) is 4.79 Å². The van der Waals surface area contributed by atoms with Crippen LogP contribution in [0.4, 0.5) is 10.5 Å². The number of piperazine rings is 2. The maximum Gasteiger partial charge on any atom is 0.434 e. The Morgan fingerprint density at radius 1 is 1.06 bits per heavy atom. The highest BCUT2D eigenvalue weighted by Gasteiger charge is 2.35. The van der Waals surface area contributed by atoms with Gasteiger partial charge in [0.05, 0.1) is 0 Å². The van der Waals surface area contributed by atoms with E-state index in [4.69, 9.17) is 16.4 Å². The van der Waals surface area contributed by atoms with Crippen LogP contribution in [0.5, 0.6) is 0 Å². The topological polar surface area (TPSA) is 96.9 Å². The number of nitrogens with zero attached hydrogens (tertiary/aromatic N) is 5. The van der Waals surface area contributed by atoms with E-state index in [1.54, 1.807) is 11.8 Å². The first-order valence-corrected chi connectivity index (χ1v) is 11.7. The van der Waals surface area contributed by atoms with Crippen LogP contribution in [0, 0.1) is 0 Å². The first kappa shape index (κ1) is 23.6. The molecule has 0 saturated carbocycles. The molecule has 1 unspecified atom stereocenters. The van der Waals surface area contributed by atoms with Gasteiger partial charge < -0.3 is 24.6 Å². The summed E-state index contributed by atoms with van der Waals surface area (Å²) >= 11 is 6.29. The van der Waals surface area contributed by atoms with Crippen LogP contribution >= 0.6 is 11.6 Å². The fourth-order valence-electron chi connectivity index (χ4n) is 4.46. The molecular formula is C22H30ClN5O5. The molecule has 33 heavy (non-hydrogen) atoms. The smallest absolute Gasteiger partial charge is 0.370 e. The Kier molecular flexibility index (Phi) is 7.26. The molecule has 0 aliphatic carbocycles. The third kappa shape index (κ3) is 5.51. The van der Waals surface area contributed by atoms with Gasteiger partial charge in [0.25, 0.3) is 5.91 Å². The summed E-state index contributed by atoms with van der Waals surface area (Å²) < 4.78 is 0. The van der Waals surface area contributed by atoms with E-state index in [0.29, 0.717) is 50.8 Å². The Bertz CT molecular complexity index is 899. The van der Waals surface area contributed by atoms with Gasteiger partial charge in [-0.3, -0.25) is 14.5 Å². The van der Waals surface area contributed by atoms with E-state index in [1.165, 1.54) is 0 Å². The maximum absolute atomic E-state index is 12.4. The number of hydroxylamine groups is 2. The zero-order valence-electron chi connectivity index (χ0n) is 18.8. The van der Waals surface area contributed by atoms with Gasteiger partial charge in [-0.1, -0.05) is 17.7 Å². The van der Waals surface area contributed by atoms with Crippen molar-refractivity contribution in [2.75, 3.05) is 57.3 Å². The van der Waals surface area contributed by atoms with Gasteiger partial charge in [0, 0.05) is 89.4 Å². The minimum atomic E-state index is -1.07. The fourth-order valence-corrected chi connectivity index (χ4v) is 4.62. The molecule has 1 aromatic rings. The zero-order valence-corrected chi connectivity index (χ0v) is 19.5. The molecule has 3 amide bonds. The first-order valence-electron chi connectivity index (χ1n) is 11.3. The number of amides is 3. The Hall–Kier alpha value is -2.56. The molecule has 4 rings (SSSR count). The summed E-state index contributed by atoms with van der Waals surface area (Å²) in [7, 11) is 0. The van der Waals surface area contributed by atoms with Crippen molar-refractivity contribution >= 4 is 35.2 Å². The standard InChI is InChI=1S/C22H30ClN5O5/c1-16(29)25-10-12-26(13-11-25)19-14-18(23)3-2-17(19)15-24-6-8-27(9-7-24)22(32)33-28-20(30)4-5-21(28)31/h2-3,14,20,30H,4-13,15H2,1H3. The van der Waals surface area contributed by atoms with E-state index in [0.717, 1.165) is 29.4 Å². The molecule has 3 heterocycles. The summed E-state index contributed by atoms with van der Waals surface area (Å²) in [6, 6.07) is 5.90. The Morgan fingerprint density at radius 3 is 2.33 bits per heavy atom. The molecule has 180 valence electrons. The van der Waals surface area contributed by atoms with E-state index in [2.05, 4.69) is 9.80 Å². The van der Waals surface area contributed by atoms with Crippen molar-refractivity contribution in [3.63, 3.8) is 0 Å². The van der Waals surface area contributed by atoms with Gasteiger partial charge >= 0.3 is 6.09 Å². The molecule has 0 bridgehead atoms. The predicted molar refractivity (Wildman–Crippen MR) is 121 cm³/mol. The largest absolute Gasteiger partial charge is 0.434 e. The molecular weight excluding hydrogens is 450 g/mol. The highest BCUT2D eigenvalue weighted by atomic mass is 35.5. The molecule has 3 aliphatic rings. The van der Waals surface area contributed by atoms with Crippen molar-refractivity contribution in [2.24, 2.45) is 0 Å². The van der Waals surface area contributed by atoms with E-state index >= 15 is 0 Å². The lowest BCUT2D eigenvalue weighted by atomic mass is 10.1. The number of hydrogen-bond donors (Lipinski definition) is 1. The van der Waals surface area contributed by atoms with Crippen molar-refractivity contribution in [1.82, 2.24) is 19.8 Å². The van der Waals surface area contributed by atoms with E-state index in [1.807, 2.05) is 23.1 Å². The van der Waals surface area contributed by atoms with Gasteiger partial charge in [0.15, 0.2) is 6.23 Å². The Morgan fingerprint density at radius 2 is 1.73 bits per heavy atom. The van der Waals surface area contributed by atoms with Gasteiger partial charge in [-0.2, -0.15) is 0 Å². The summed E-state index contributed by atoms with van der Waals surface area (Å²) in [6.07, 6.45) is -1.23. The molecule has 3 fully saturated rings. The van der Waals surface area contributed by atoms with Crippen LogP contribution in [0.15, 0.2) is 18.2 Å². The lowest BCUT2D eigenvalue weighted by Crippen LogP contribution is -2.50. The van der Waals surface area contributed by atoms with Gasteiger partial charge in [-0.05, 0) is 17.7 Å². The summed E-state index contributed by atoms with van der Waals surface area (Å²) in [5, 5.41) is 11.2. The van der Waals surface area contributed by atoms with Gasteiger partial charge in [0.2, 0.25) is 5.91 Å². The maximum atomic E-state index is 12.4. The van der Waals surface area contributed by atoms with Crippen molar-refractivity contribution in [2.45, 2.75) is 32.5 Å². The number of hydrogen-bond acceptors (Lipinski definition) is 7. The third-order valence-corrected chi connectivity index (χ3v) is 6.68. The summed E-state index contributed by atoms with van der Waals surface area (Å²) in [5.41, 5.74) is 2.23. The van der Waals surface area contributed by atoms with Crippen LogP contribution < -0.4 is 4.90 Å². The van der Waals surface area contributed by atoms with E-state index in [-0.39, 0.29) is 24.7 Å². The molecule has 0 aromatic heterocycles. The molecule has 3 aliphatic heterocycles. The molecule has 10 nitrogen and oxygen atoms in total. The van der Waals surface area contributed by atoms with E-state index < -0.39 is 12.3 Å². The molecule has 1 aromatic carbocycles. The highest BCUT2D eigenvalue weighted by Crippen LogP contribution is 2.28. The summed E-state index contributed by atoms with van der Waals surface area (Å²) in [4.78, 5) is 48.8. The van der Waals surface area contributed by atoms with Gasteiger partial charge in [0.1, 0.15) is 0 Å². The Labute approximate surface area is 198 Å². The number of halogens is 1. The SMILES string of the molecule is CC(=O)N1CCN(c2cc(Cl)ccc2CN2CCN(C(=O)ON3C(=O)CCC3O)CC2)CC1. The molecule has 11 heteroatoms. The minimum Gasteiger partial charge on any atom is -0.370 e. The quantitative estimate of drug-likeness (QED) is 0.691. The second kappa shape index (κ2) is 10.1. The van der Waals surface area contributed by atoms with Crippen molar-refractivity contribution in [1.29, 1.82) is 0 Å². The van der Waals surface area contributed by atoms with Crippen molar-refractivity contribution in [3.05, 3.63) is 28.8 Å². The molecule has 1 atom stereocenters. The van der Waals surface area contributed by atoms with Gasteiger partial charge in [-0.15, -0.1) is 5.06 Å². The second-order valence-electron chi connectivity index (χ2n) is 8.63. The summed E-state index contributed by atoms with van der Waals surface area (Å²) in [6.45, 7) is 7.46. The fraction of sp³-hybridized carbons (Fsp3) is 0.591. The van der Waals surface area contributed by atoms with Crippen molar-refractivity contribution < 1.29 is 24.3 Å². The van der Waals surface area contributed by atoms with Crippen LogP contribution in [0.1, 0.15) is 25.3 Å². The summed E-state index contributed by atoms with van der Waals surface area (Å²) in [5.74, 6) is -0.283. The number of aliphatic hydroxyl groups excluding tert-OH is 1. The predicted octanol–water partition coefficient (Wildman–Crippen LogP) is 1.12. The van der Waals surface area contributed by atoms with Crippen LogP contribution in [0.2, 0.25) is 5.02 Å². The number of aliphatic hydroxyl groups is 1. The number of rotatable bonds is 4. The van der Waals surface area contributed by atoms with Crippen molar-refractivity contribution in [3.8, 4) is 0 Å². The monoisotopic (exact) mass is 479 g/mol. The normalized spacial score (nSPS) is 22.2. The molecule has 3 saturated heterocycles. The lowest BCUT2D eigenvalue weighted by molar-refractivity contribution is -0.194. The third-order valence-electron chi connectivity index (χ3n) is 6.45. The zero-order chi connectivity index (χ0) is 23.5. The van der Waals surface area contributed by atoms with E-state index in [9.17, 15) is 19.5 Å². The average molecular weight is 480 g/mol. The lowest BCUT2D eigenvalue weighted by Gasteiger charge is -2.38. The molecule has 0 radical (unpaired) electrons. The highest BCUT2D eigenvalue weighted by molar-refractivity contribution is 6.30. The van der Waals surface area contributed by atoms with Crippen LogP contribution in [-0.4, -0.2) is 101 Å². The molecule has 0 spiro atoms. The number of carbonyl (C=O) groups excluding carboxylic acids is 3. The number of carbonyl (C=O) groups is 3. The average Bonchev–Trinajstić information content (AvgIpc) is 3.12. The van der Waals surface area contributed by atoms with Crippen LogP contribution in [-0.2, 0) is 21.0 Å². The second-order valence-corrected chi connectivity index (χ2v) is 9.06. The minimum absolute atomic E-state index is 0.0981. The Balaban J connectivity index is 1.33. The number of anilines is 1.